The fourth-order valence-electron chi connectivity index (χ4n) is 2.07. The molecule has 0 saturated heterocycles. The van der Waals surface area contributed by atoms with E-state index >= 15 is 0 Å². The molecule has 0 aliphatic heterocycles. The number of benzene rings is 1. The molecule has 0 aromatic heterocycles. The number of thioether (sulfide) groups is 1. The molecule has 2 atom stereocenters. The number of aryl methyl sites for hydroxylation is 2. The monoisotopic (exact) mass is 295 g/mol. The van der Waals surface area contributed by atoms with Crippen LogP contribution in [0.2, 0.25) is 0 Å². The number of carboxylic acids is 1. The zero-order chi connectivity index (χ0) is 15.3. The summed E-state index contributed by atoms with van der Waals surface area (Å²) in [6.07, 6.45) is 1.92. The average molecular weight is 295 g/mol. The van der Waals surface area contributed by atoms with Crippen LogP contribution in [0.15, 0.2) is 18.2 Å². The molecule has 0 fully saturated rings. The lowest BCUT2D eigenvalue weighted by molar-refractivity contribution is -0.142. The molecular weight excluding hydrogens is 274 g/mol. The van der Waals surface area contributed by atoms with E-state index in [9.17, 15) is 14.7 Å². The van der Waals surface area contributed by atoms with Crippen LogP contribution in [-0.4, -0.2) is 29.0 Å². The molecule has 0 radical (unpaired) electrons. The molecule has 1 rings (SSSR count). The first-order valence-corrected chi connectivity index (χ1v) is 7.84. The minimum atomic E-state index is -1.04. The normalized spacial score (nSPS) is 13.6. The van der Waals surface area contributed by atoms with Crippen molar-refractivity contribution in [2.45, 2.75) is 26.8 Å². The van der Waals surface area contributed by atoms with Crippen molar-refractivity contribution in [1.29, 1.82) is 0 Å². The second kappa shape index (κ2) is 7.33. The molecule has 0 bridgehead atoms. The van der Waals surface area contributed by atoms with Crippen molar-refractivity contribution < 1.29 is 14.7 Å². The zero-order valence-corrected chi connectivity index (χ0v) is 13.1. The van der Waals surface area contributed by atoms with Crippen LogP contribution in [-0.2, 0) is 9.59 Å². The molecule has 0 aliphatic carbocycles. The fraction of sp³-hybridized carbons (Fsp3) is 0.467. The van der Waals surface area contributed by atoms with E-state index in [-0.39, 0.29) is 11.8 Å². The van der Waals surface area contributed by atoms with Gasteiger partial charge < -0.3 is 10.4 Å². The van der Waals surface area contributed by atoms with Crippen LogP contribution in [0, 0.1) is 19.8 Å². The first kappa shape index (κ1) is 16.6. The summed E-state index contributed by atoms with van der Waals surface area (Å²) in [7, 11) is 0. The Morgan fingerprint density at radius 1 is 1.25 bits per heavy atom. The first-order chi connectivity index (χ1) is 9.35. The third-order valence-electron chi connectivity index (χ3n) is 2.98. The van der Waals surface area contributed by atoms with Crippen molar-refractivity contribution >= 4 is 23.6 Å². The maximum absolute atomic E-state index is 12.0. The van der Waals surface area contributed by atoms with Crippen LogP contribution in [0.4, 0.5) is 0 Å². The topological polar surface area (TPSA) is 66.4 Å². The summed E-state index contributed by atoms with van der Waals surface area (Å²) >= 11 is 1.57. The Kier molecular flexibility index (Phi) is 6.07. The Labute approximate surface area is 124 Å². The minimum absolute atomic E-state index is 0.210. The van der Waals surface area contributed by atoms with Gasteiger partial charge in [-0.15, -0.1) is 0 Å². The highest BCUT2D eigenvalue weighted by molar-refractivity contribution is 7.98. The summed E-state index contributed by atoms with van der Waals surface area (Å²) in [5.41, 5.74) is 2.58. The number of hydrogen-bond donors (Lipinski definition) is 2. The van der Waals surface area contributed by atoms with Crippen molar-refractivity contribution in [3.05, 3.63) is 34.9 Å². The van der Waals surface area contributed by atoms with Crippen molar-refractivity contribution in [2.24, 2.45) is 5.92 Å². The Hall–Kier alpha value is -1.49. The second-order valence-electron chi connectivity index (χ2n) is 5.06. The Morgan fingerprint density at radius 2 is 1.80 bits per heavy atom. The van der Waals surface area contributed by atoms with Crippen LogP contribution < -0.4 is 5.32 Å². The molecule has 0 saturated carbocycles. The Bertz CT molecular complexity index is 482. The molecule has 0 aliphatic rings. The molecule has 0 spiro atoms. The SMILES string of the molecule is CSCC(C)C(=O)NC(C(=O)O)c1cc(C)cc(C)c1. The number of nitrogens with one attached hydrogen (secondary N) is 1. The fourth-order valence-corrected chi connectivity index (χ4v) is 2.73. The van der Waals surface area contributed by atoms with Gasteiger partial charge in [0, 0.05) is 11.7 Å². The van der Waals surface area contributed by atoms with Crippen molar-refractivity contribution in [3.8, 4) is 0 Å². The second-order valence-corrected chi connectivity index (χ2v) is 5.97. The highest BCUT2D eigenvalue weighted by atomic mass is 32.2. The van der Waals surface area contributed by atoms with Gasteiger partial charge in [-0.3, -0.25) is 4.79 Å². The molecule has 4 nitrogen and oxygen atoms in total. The Morgan fingerprint density at radius 3 is 2.25 bits per heavy atom. The van der Waals surface area contributed by atoms with Gasteiger partial charge in [0.2, 0.25) is 5.91 Å². The summed E-state index contributed by atoms with van der Waals surface area (Å²) in [6.45, 7) is 5.62. The van der Waals surface area contributed by atoms with Crippen LogP contribution in [0.5, 0.6) is 0 Å². The maximum Gasteiger partial charge on any atom is 0.330 e. The summed E-state index contributed by atoms with van der Waals surface area (Å²) < 4.78 is 0. The molecule has 1 aromatic carbocycles. The summed E-state index contributed by atoms with van der Waals surface area (Å²) in [4.78, 5) is 23.4. The standard InChI is InChI=1S/C15H21NO3S/c1-9-5-10(2)7-12(6-9)13(15(18)19)16-14(17)11(3)8-20-4/h5-7,11,13H,8H2,1-4H3,(H,16,17)(H,18,19). The third-order valence-corrected chi connectivity index (χ3v) is 3.81. The van der Waals surface area contributed by atoms with Crippen LogP contribution in [0.25, 0.3) is 0 Å². The Balaban J connectivity index is 2.95. The molecule has 2 unspecified atom stereocenters. The summed E-state index contributed by atoms with van der Waals surface area (Å²) in [5, 5.41) is 12.0. The number of aliphatic carboxylic acids is 1. The van der Waals surface area contributed by atoms with Gasteiger partial charge in [0.25, 0.3) is 0 Å². The summed E-state index contributed by atoms with van der Waals surface area (Å²) in [6, 6.07) is 4.57. The molecule has 5 heteroatoms. The maximum atomic E-state index is 12.0. The lowest BCUT2D eigenvalue weighted by Crippen LogP contribution is -2.37. The first-order valence-electron chi connectivity index (χ1n) is 6.45. The van der Waals surface area contributed by atoms with E-state index in [0.717, 1.165) is 11.1 Å². The molecule has 20 heavy (non-hydrogen) atoms. The van der Waals surface area contributed by atoms with Gasteiger partial charge in [-0.1, -0.05) is 36.2 Å². The van der Waals surface area contributed by atoms with Gasteiger partial charge >= 0.3 is 5.97 Å². The van der Waals surface area contributed by atoms with Gasteiger partial charge in [0.15, 0.2) is 6.04 Å². The van der Waals surface area contributed by atoms with Gasteiger partial charge in [-0.2, -0.15) is 11.8 Å². The number of amides is 1. The minimum Gasteiger partial charge on any atom is -0.479 e. The lowest BCUT2D eigenvalue weighted by Gasteiger charge is -2.18. The van der Waals surface area contributed by atoms with E-state index < -0.39 is 12.0 Å². The van der Waals surface area contributed by atoms with Crippen LogP contribution in [0.1, 0.15) is 29.7 Å². The van der Waals surface area contributed by atoms with Crippen molar-refractivity contribution in [1.82, 2.24) is 5.32 Å². The van der Waals surface area contributed by atoms with Gasteiger partial charge in [-0.25, -0.2) is 4.79 Å². The van der Waals surface area contributed by atoms with E-state index in [1.165, 1.54) is 0 Å². The van der Waals surface area contributed by atoms with E-state index in [0.29, 0.717) is 11.3 Å². The number of rotatable bonds is 6. The highest BCUT2D eigenvalue weighted by Crippen LogP contribution is 2.18. The molecule has 110 valence electrons. The molecular formula is C15H21NO3S. The number of carboxylic acid groups (broad SMARTS) is 1. The molecule has 0 heterocycles. The van der Waals surface area contributed by atoms with E-state index in [4.69, 9.17) is 0 Å². The molecule has 1 aromatic rings. The third kappa shape index (κ3) is 4.56. The van der Waals surface area contributed by atoms with Gasteiger partial charge in [0.05, 0.1) is 0 Å². The van der Waals surface area contributed by atoms with Crippen LogP contribution >= 0.6 is 11.8 Å². The van der Waals surface area contributed by atoms with E-state index in [1.54, 1.807) is 30.8 Å². The van der Waals surface area contributed by atoms with E-state index in [2.05, 4.69) is 5.32 Å². The predicted octanol–water partition coefficient (Wildman–Crippen LogP) is 2.54. The number of hydrogen-bond acceptors (Lipinski definition) is 3. The lowest BCUT2D eigenvalue weighted by atomic mass is 10.0. The number of carbonyl (C=O) groups excluding carboxylic acids is 1. The van der Waals surface area contributed by atoms with Gasteiger partial charge in [-0.05, 0) is 25.7 Å². The molecule has 1 amide bonds. The van der Waals surface area contributed by atoms with Gasteiger partial charge in [0.1, 0.15) is 0 Å². The quantitative estimate of drug-likeness (QED) is 0.846. The smallest absolute Gasteiger partial charge is 0.330 e. The zero-order valence-electron chi connectivity index (χ0n) is 12.3. The largest absolute Gasteiger partial charge is 0.479 e. The van der Waals surface area contributed by atoms with Crippen molar-refractivity contribution in [3.63, 3.8) is 0 Å². The van der Waals surface area contributed by atoms with E-state index in [1.807, 2.05) is 26.2 Å². The van der Waals surface area contributed by atoms with Crippen molar-refractivity contribution in [2.75, 3.05) is 12.0 Å². The van der Waals surface area contributed by atoms with Crippen LogP contribution in [0.3, 0.4) is 0 Å². The number of carbonyl (C=O) groups is 2. The predicted molar refractivity (Wildman–Crippen MR) is 82.0 cm³/mol. The summed E-state index contributed by atoms with van der Waals surface area (Å²) in [5.74, 6) is -0.811. The average Bonchev–Trinajstić information content (AvgIpc) is 2.34. The molecule has 2 N–H and O–H groups in total. The highest BCUT2D eigenvalue weighted by Gasteiger charge is 2.24.